The van der Waals surface area contributed by atoms with Crippen LogP contribution in [0.5, 0.6) is 0 Å². The number of carbonyl (C=O) groups excluding carboxylic acids is 1. The zero-order chi connectivity index (χ0) is 17.8. The molecule has 3 aromatic rings. The molecule has 3 nitrogen and oxygen atoms in total. The molecule has 25 heavy (non-hydrogen) atoms. The number of nitrogens with zero attached hydrogens (tertiary/aromatic N) is 1. The smallest absolute Gasteiger partial charge is 0.248 e. The van der Waals surface area contributed by atoms with E-state index in [1.165, 1.54) is 6.08 Å². The van der Waals surface area contributed by atoms with E-state index < -0.39 is 0 Å². The van der Waals surface area contributed by atoms with Crippen molar-refractivity contribution in [3.63, 3.8) is 0 Å². The number of carbonyl (C=O) groups is 1. The topological polar surface area (TPSA) is 42.0 Å². The van der Waals surface area contributed by atoms with Gasteiger partial charge in [0, 0.05) is 16.8 Å². The molecule has 5 heteroatoms. The van der Waals surface area contributed by atoms with E-state index in [9.17, 15) is 4.79 Å². The molecule has 0 aliphatic rings. The van der Waals surface area contributed by atoms with Crippen molar-refractivity contribution in [2.24, 2.45) is 0 Å². The van der Waals surface area contributed by atoms with E-state index in [1.807, 2.05) is 43.3 Å². The summed E-state index contributed by atoms with van der Waals surface area (Å²) in [5.74, 6) is -0.175. The zero-order valence-corrected chi connectivity index (χ0v) is 15.7. The van der Waals surface area contributed by atoms with Crippen molar-refractivity contribution in [2.75, 3.05) is 5.32 Å². The molecule has 1 amide bonds. The number of aromatic nitrogens is 1. The molecule has 0 bridgehead atoms. The number of para-hydroxylation sites is 1. The Kier molecular flexibility index (Phi) is 5.51. The molecule has 0 aliphatic heterocycles. The maximum Gasteiger partial charge on any atom is 0.248 e. The highest BCUT2D eigenvalue weighted by Gasteiger charge is 2.12. The molecular weight excluding hydrogens is 352 g/mol. The summed E-state index contributed by atoms with van der Waals surface area (Å²) < 4.78 is 1.11. The molecule has 0 spiro atoms. The van der Waals surface area contributed by atoms with Crippen LogP contribution in [0.2, 0.25) is 5.02 Å². The number of anilines is 1. The van der Waals surface area contributed by atoms with Gasteiger partial charge in [-0.2, -0.15) is 0 Å². The van der Waals surface area contributed by atoms with Gasteiger partial charge < -0.3 is 5.32 Å². The molecule has 0 unspecified atom stereocenters. The van der Waals surface area contributed by atoms with Crippen molar-refractivity contribution < 1.29 is 4.79 Å². The highest BCUT2D eigenvalue weighted by Crippen LogP contribution is 2.29. The SMILES string of the molecule is CCc1ccc(Cl)c(CC)c1NC(=O)/C=C/c1nc2ccccc2s1. The highest BCUT2D eigenvalue weighted by atomic mass is 35.5. The van der Waals surface area contributed by atoms with Crippen LogP contribution in [0.4, 0.5) is 5.69 Å². The number of halogens is 1. The van der Waals surface area contributed by atoms with Crippen LogP contribution in [0.3, 0.4) is 0 Å². The number of aryl methyl sites for hydroxylation is 1. The highest BCUT2D eigenvalue weighted by molar-refractivity contribution is 7.19. The predicted molar refractivity (Wildman–Crippen MR) is 107 cm³/mol. The van der Waals surface area contributed by atoms with Crippen LogP contribution in [-0.2, 0) is 17.6 Å². The third-order valence-corrected chi connectivity index (χ3v) is 5.37. The van der Waals surface area contributed by atoms with Crippen LogP contribution in [-0.4, -0.2) is 10.9 Å². The van der Waals surface area contributed by atoms with Gasteiger partial charge in [-0.1, -0.05) is 43.6 Å². The molecule has 0 saturated heterocycles. The van der Waals surface area contributed by atoms with Crippen LogP contribution in [0, 0.1) is 0 Å². The summed E-state index contributed by atoms with van der Waals surface area (Å²) in [5.41, 5.74) is 3.84. The minimum Gasteiger partial charge on any atom is -0.322 e. The van der Waals surface area contributed by atoms with Crippen molar-refractivity contribution in [3.8, 4) is 0 Å². The number of benzene rings is 2. The third kappa shape index (κ3) is 3.91. The van der Waals surface area contributed by atoms with Gasteiger partial charge in [0.25, 0.3) is 0 Å². The van der Waals surface area contributed by atoms with Crippen LogP contribution in [0.25, 0.3) is 16.3 Å². The monoisotopic (exact) mass is 370 g/mol. The fourth-order valence-corrected chi connectivity index (χ4v) is 3.90. The van der Waals surface area contributed by atoms with E-state index in [2.05, 4.69) is 17.2 Å². The normalized spacial score (nSPS) is 11.3. The molecule has 0 radical (unpaired) electrons. The first-order valence-corrected chi connectivity index (χ1v) is 9.46. The fraction of sp³-hybridized carbons (Fsp3) is 0.200. The van der Waals surface area contributed by atoms with Gasteiger partial charge in [0.15, 0.2) is 0 Å². The van der Waals surface area contributed by atoms with Crippen LogP contribution >= 0.6 is 22.9 Å². The molecule has 3 rings (SSSR count). The Bertz CT molecular complexity index is 913. The molecule has 0 saturated carbocycles. The van der Waals surface area contributed by atoms with Gasteiger partial charge in [0.05, 0.1) is 10.2 Å². The van der Waals surface area contributed by atoms with Gasteiger partial charge in [-0.05, 0) is 48.2 Å². The van der Waals surface area contributed by atoms with Gasteiger partial charge in [0.1, 0.15) is 5.01 Å². The lowest BCUT2D eigenvalue weighted by molar-refractivity contribution is -0.111. The summed E-state index contributed by atoms with van der Waals surface area (Å²) in [6, 6.07) is 11.8. The maximum absolute atomic E-state index is 12.4. The Labute approximate surface area is 156 Å². The summed E-state index contributed by atoms with van der Waals surface area (Å²) in [7, 11) is 0. The summed E-state index contributed by atoms with van der Waals surface area (Å²) in [4.78, 5) is 16.9. The van der Waals surface area contributed by atoms with Gasteiger partial charge >= 0.3 is 0 Å². The van der Waals surface area contributed by atoms with Crippen LogP contribution in [0.1, 0.15) is 30.0 Å². The maximum atomic E-state index is 12.4. The van der Waals surface area contributed by atoms with E-state index in [0.29, 0.717) is 5.02 Å². The summed E-state index contributed by atoms with van der Waals surface area (Å²) >= 11 is 7.85. The van der Waals surface area contributed by atoms with Crippen LogP contribution < -0.4 is 5.32 Å². The Morgan fingerprint density at radius 1 is 1.20 bits per heavy atom. The van der Waals surface area contributed by atoms with Crippen molar-refractivity contribution in [1.82, 2.24) is 4.98 Å². The molecule has 0 atom stereocenters. The van der Waals surface area contributed by atoms with E-state index in [-0.39, 0.29) is 5.91 Å². The first kappa shape index (κ1) is 17.6. The molecule has 1 aromatic heterocycles. The van der Waals surface area contributed by atoms with E-state index >= 15 is 0 Å². The molecule has 1 N–H and O–H groups in total. The Balaban J connectivity index is 1.81. The zero-order valence-electron chi connectivity index (χ0n) is 14.2. The van der Waals surface area contributed by atoms with Gasteiger partial charge in [-0.15, -0.1) is 11.3 Å². The third-order valence-electron chi connectivity index (χ3n) is 4.01. The number of hydrogen-bond donors (Lipinski definition) is 1. The van der Waals surface area contributed by atoms with Gasteiger partial charge in [0.2, 0.25) is 5.91 Å². The van der Waals surface area contributed by atoms with E-state index in [4.69, 9.17) is 11.6 Å². The quantitative estimate of drug-likeness (QED) is 0.583. The minimum absolute atomic E-state index is 0.175. The molecule has 128 valence electrons. The number of amides is 1. The second kappa shape index (κ2) is 7.81. The lowest BCUT2D eigenvalue weighted by Crippen LogP contribution is -2.12. The van der Waals surface area contributed by atoms with Crippen molar-refractivity contribution in [3.05, 3.63) is 63.6 Å². The first-order chi connectivity index (χ1) is 12.1. The Hall–Kier alpha value is -2.17. The molecule has 0 fully saturated rings. The number of thiazole rings is 1. The van der Waals surface area contributed by atoms with Crippen molar-refractivity contribution in [2.45, 2.75) is 26.7 Å². The predicted octanol–water partition coefficient (Wildman–Crippen LogP) is 5.73. The van der Waals surface area contributed by atoms with Crippen LogP contribution in [0.15, 0.2) is 42.5 Å². The molecule has 1 heterocycles. The van der Waals surface area contributed by atoms with E-state index in [1.54, 1.807) is 17.4 Å². The van der Waals surface area contributed by atoms with Crippen molar-refractivity contribution >= 4 is 50.8 Å². The number of fused-ring (bicyclic) bond motifs is 1. The second-order valence-corrected chi connectivity index (χ2v) is 7.08. The molecule has 2 aromatic carbocycles. The lowest BCUT2D eigenvalue weighted by Gasteiger charge is -2.14. The second-order valence-electron chi connectivity index (χ2n) is 5.61. The number of hydrogen-bond acceptors (Lipinski definition) is 3. The largest absolute Gasteiger partial charge is 0.322 e. The average molecular weight is 371 g/mol. The summed E-state index contributed by atoms with van der Waals surface area (Å²) in [6.45, 7) is 4.10. The first-order valence-electron chi connectivity index (χ1n) is 8.27. The van der Waals surface area contributed by atoms with Gasteiger partial charge in [-0.25, -0.2) is 4.98 Å². The molecular formula is C20H19ClN2OS. The average Bonchev–Trinajstić information content (AvgIpc) is 3.03. The number of rotatable bonds is 5. The van der Waals surface area contributed by atoms with Crippen molar-refractivity contribution in [1.29, 1.82) is 0 Å². The molecule has 0 aliphatic carbocycles. The Morgan fingerprint density at radius 3 is 2.72 bits per heavy atom. The minimum atomic E-state index is -0.175. The van der Waals surface area contributed by atoms with Gasteiger partial charge in [-0.3, -0.25) is 4.79 Å². The lowest BCUT2D eigenvalue weighted by atomic mass is 10.0. The summed E-state index contributed by atoms with van der Waals surface area (Å²) in [6.07, 6.45) is 4.88. The summed E-state index contributed by atoms with van der Waals surface area (Å²) in [5, 5.41) is 4.49. The fourth-order valence-electron chi connectivity index (χ4n) is 2.74. The number of nitrogens with one attached hydrogen (secondary N) is 1. The Morgan fingerprint density at radius 2 is 2.00 bits per heavy atom. The van der Waals surface area contributed by atoms with E-state index in [0.717, 1.165) is 44.9 Å². The standard InChI is InChI=1S/C20H19ClN2OS/c1-3-13-9-10-15(21)14(4-2)20(13)23-18(24)11-12-19-22-16-7-5-6-8-17(16)25-19/h5-12H,3-4H2,1-2H3,(H,23,24)/b12-11+.